The molecule has 0 unspecified atom stereocenters. The Kier molecular flexibility index (Phi) is 6.37. The van der Waals surface area contributed by atoms with E-state index in [4.69, 9.17) is 11.6 Å². The minimum Gasteiger partial charge on any atom is -0.0918 e. The summed E-state index contributed by atoms with van der Waals surface area (Å²) in [5.74, 6) is 0. The van der Waals surface area contributed by atoms with Crippen LogP contribution < -0.4 is 0 Å². The highest BCUT2D eigenvalue weighted by molar-refractivity contribution is 9.10. The number of halogens is 4. The van der Waals surface area contributed by atoms with Crippen molar-refractivity contribution < 1.29 is 0 Å². The fourth-order valence-electron chi connectivity index (χ4n) is 2.32. The molecule has 0 N–H and O–H groups in total. The second-order valence-electron chi connectivity index (χ2n) is 5.33. The van der Waals surface area contributed by atoms with E-state index in [0.29, 0.717) is 0 Å². The van der Waals surface area contributed by atoms with Crippen LogP contribution in [0.5, 0.6) is 0 Å². The molecule has 0 saturated heterocycles. The van der Waals surface area contributed by atoms with Gasteiger partial charge in [-0.15, -0.1) is 0 Å². The van der Waals surface area contributed by atoms with E-state index in [1.807, 2.05) is 12.1 Å². The third kappa shape index (κ3) is 4.13. The highest BCUT2D eigenvalue weighted by Crippen LogP contribution is 2.35. The van der Waals surface area contributed by atoms with Gasteiger partial charge in [0.25, 0.3) is 0 Å². The van der Waals surface area contributed by atoms with E-state index in [9.17, 15) is 0 Å². The molecule has 0 nitrogen and oxygen atoms in total. The van der Waals surface area contributed by atoms with Crippen molar-refractivity contribution in [2.24, 2.45) is 0 Å². The summed E-state index contributed by atoms with van der Waals surface area (Å²) in [7, 11) is 0. The van der Waals surface area contributed by atoms with Crippen molar-refractivity contribution in [1.82, 2.24) is 0 Å². The van der Waals surface area contributed by atoms with Crippen LogP contribution in [0.3, 0.4) is 0 Å². The van der Waals surface area contributed by atoms with E-state index < -0.39 is 0 Å². The zero-order valence-electron chi connectivity index (χ0n) is 11.7. The van der Waals surface area contributed by atoms with Gasteiger partial charge in [-0.3, -0.25) is 0 Å². The first kappa shape index (κ1) is 17.5. The number of aryl methyl sites for hydroxylation is 1. The van der Waals surface area contributed by atoms with Crippen molar-refractivity contribution in [1.29, 1.82) is 0 Å². The van der Waals surface area contributed by atoms with Crippen molar-refractivity contribution >= 4 is 59.4 Å². The van der Waals surface area contributed by atoms with Crippen LogP contribution in [0.15, 0.2) is 46.9 Å². The second-order valence-corrected chi connectivity index (χ2v) is 7.77. The van der Waals surface area contributed by atoms with Gasteiger partial charge in [0.1, 0.15) is 0 Å². The zero-order valence-corrected chi connectivity index (χ0v) is 17.2. The van der Waals surface area contributed by atoms with E-state index in [1.165, 1.54) is 16.7 Å². The molecule has 112 valence electrons. The Morgan fingerprint density at radius 3 is 2.14 bits per heavy atom. The molecule has 2 aromatic rings. The first-order valence-electron chi connectivity index (χ1n) is 6.64. The van der Waals surface area contributed by atoms with Gasteiger partial charge >= 0.3 is 0 Å². The molecule has 0 aliphatic carbocycles. The molecule has 2 aromatic carbocycles. The number of hydrogen-bond acceptors (Lipinski definition) is 0. The number of alkyl halides is 2. The van der Waals surface area contributed by atoms with Crippen molar-refractivity contribution in [2.45, 2.75) is 18.8 Å². The van der Waals surface area contributed by atoms with E-state index in [2.05, 4.69) is 85.0 Å². The average Bonchev–Trinajstić information content (AvgIpc) is 2.48. The maximum atomic E-state index is 6.40. The molecule has 0 spiro atoms. The molecule has 0 amide bonds. The standard InChI is InChI=1S/C17H16Br3Cl/c1-12-2-5-14(6-3-12)17(10-18,11-19)9-13-4-7-15(20)8-16(13)21/h2-8H,9-11H2,1H3. The highest BCUT2D eigenvalue weighted by atomic mass is 79.9. The lowest BCUT2D eigenvalue weighted by atomic mass is 9.79. The second kappa shape index (κ2) is 7.63. The van der Waals surface area contributed by atoms with E-state index in [-0.39, 0.29) is 5.41 Å². The quantitative estimate of drug-likeness (QED) is 0.406. The van der Waals surface area contributed by atoms with Crippen LogP contribution in [-0.4, -0.2) is 10.7 Å². The molecule has 0 saturated carbocycles. The highest BCUT2D eigenvalue weighted by Gasteiger charge is 2.31. The van der Waals surface area contributed by atoms with Crippen molar-refractivity contribution in [3.63, 3.8) is 0 Å². The number of hydrogen-bond donors (Lipinski definition) is 0. The summed E-state index contributed by atoms with van der Waals surface area (Å²) in [5, 5.41) is 2.56. The fraction of sp³-hybridized carbons (Fsp3) is 0.294. The molecule has 0 aliphatic heterocycles. The Hall–Kier alpha value is 0.170. The Morgan fingerprint density at radius 1 is 1.00 bits per heavy atom. The molecule has 0 atom stereocenters. The predicted molar refractivity (Wildman–Crippen MR) is 103 cm³/mol. The molecular formula is C17H16Br3Cl. The molecule has 21 heavy (non-hydrogen) atoms. The van der Waals surface area contributed by atoms with Crippen LogP contribution in [0.4, 0.5) is 0 Å². The maximum absolute atomic E-state index is 6.40. The van der Waals surface area contributed by atoms with Gasteiger partial charge in [0, 0.05) is 25.6 Å². The SMILES string of the molecule is Cc1ccc(C(CBr)(CBr)Cc2ccc(Br)cc2Cl)cc1. The summed E-state index contributed by atoms with van der Waals surface area (Å²) < 4.78 is 1.01. The lowest BCUT2D eigenvalue weighted by molar-refractivity contribution is 0.551. The molecule has 0 bridgehead atoms. The topological polar surface area (TPSA) is 0 Å². The van der Waals surface area contributed by atoms with Crippen LogP contribution in [0.1, 0.15) is 16.7 Å². The first-order valence-corrected chi connectivity index (χ1v) is 10.1. The van der Waals surface area contributed by atoms with Crippen LogP contribution in [-0.2, 0) is 11.8 Å². The van der Waals surface area contributed by atoms with Gasteiger partial charge in [-0.1, -0.05) is 95.3 Å². The van der Waals surface area contributed by atoms with Crippen LogP contribution in [0, 0.1) is 6.92 Å². The van der Waals surface area contributed by atoms with Crippen molar-refractivity contribution in [2.75, 3.05) is 10.7 Å². The van der Waals surface area contributed by atoms with Crippen LogP contribution in [0.25, 0.3) is 0 Å². The van der Waals surface area contributed by atoms with E-state index in [0.717, 1.165) is 26.6 Å². The lowest BCUT2D eigenvalue weighted by Crippen LogP contribution is -2.33. The van der Waals surface area contributed by atoms with E-state index in [1.54, 1.807) is 0 Å². The van der Waals surface area contributed by atoms with Gasteiger partial charge < -0.3 is 0 Å². The first-order chi connectivity index (χ1) is 10.0. The van der Waals surface area contributed by atoms with Gasteiger partial charge in [-0.05, 0) is 36.6 Å². The van der Waals surface area contributed by atoms with Crippen LogP contribution in [0.2, 0.25) is 5.02 Å². The summed E-state index contributed by atoms with van der Waals surface area (Å²) in [6.07, 6.45) is 0.888. The summed E-state index contributed by atoms with van der Waals surface area (Å²) >= 11 is 17.3. The Bertz CT molecular complexity index is 604. The summed E-state index contributed by atoms with van der Waals surface area (Å²) in [6, 6.07) is 14.9. The predicted octanol–water partition coefficient (Wildman–Crippen LogP) is 6.68. The van der Waals surface area contributed by atoms with Gasteiger partial charge in [0.2, 0.25) is 0 Å². The lowest BCUT2D eigenvalue weighted by Gasteiger charge is -2.31. The van der Waals surface area contributed by atoms with E-state index >= 15 is 0 Å². The minimum atomic E-state index is -0.00876. The van der Waals surface area contributed by atoms with Gasteiger partial charge in [-0.25, -0.2) is 0 Å². The molecule has 0 fully saturated rings. The molecule has 0 radical (unpaired) electrons. The number of benzene rings is 2. The van der Waals surface area contributed by atoms with Crippen LogP contribution >= 0.6 is 59.4 Å². The Morgan fingerprint density at radius 2 is 1.62 bits per heavy atom. The third-order valence-corrected chi connectivity index (χ3v) is 6.71. The fourth-order valence-corrected chi connectivity index (χ4v) is 5.04. The molecule has 2 rings (SSSR count). The number of rotatable bonds is 5. The van der Waals surface area contributed by atoms with Crippen molar-refractivity contribution in [3.8, 4) is 0 Å². The van der Waals surface area contributed by atoms with Gasteiger partial charge in [0.15, 0.2) is 0 Å². The largest absolute Gasteiger partial charge is 0.0918 e. The van der Waals surface area contributed by atoms with Crippen molar-refractivity contribution in [3.05, 3.63) is 68.7 Å². The Balaban J connectivity index is 2.40. The van der Waals surface area contributed by atoms with Gasteiger partial charge in [0.05, 0.1) is 0 Å². The molecule has 4 heteroatoms. The summed E-state index contributed by atoms with van der Waals surface area (Å²) in [6.45, 7) is 2.11. The van der Waals surface area contributed by atoms with Gasteiger partial charge in [-0.2, -0.15) is 0 Å². The Labute approximate surface area is 156 Å². The average molecular weight is 495 g/mol. The minimum absolute atomic E-state index is 0.00876. The zero-order chi connectivity index (χ0) is 15.5. The summed E-state index contributed by atoms with van der Waals surface area (Å²) in [4.78, 5) is 0. The third-order valence-electron chi connectivity index (χ3n) is 3.72. The monoisotopic (exact) mass is 492 g/mol. The molecule has 0 aromatic heterocycles. The summed E-state index contributed by atoms with van der Waals surface area (Å²) in [5.41, 5.74) is 3.75. The molecule has 0 aliphatic rings. The maximum Gasteiger partial charge on any atom is 0.0449 e. The molecular weight excluding hydrogens is 479 g/mol. The smallest absolute Gasteiger partial charge is 0.0449 e. The molecule has 0 heterocycles. The normalized spacial score (nSPS) is 11.7.